The minimum atomic E-state index is -0.757. The van der Waals surface area contributed by atoms with Gasteiger partial charge in [0.25, 0.3) is 0 Å². The average molecular weight is 322 g/mol. The van der Waals surface area contributed by atoms with Crippen molar-refractivity contribution >= 4 is 38.5 Å². The first-order chi connectivity index (χ1) is 7.91. The van der Waals surface area contributed by atoms with Gasteiger partial charge in [-0.3, -0.25) is 0 Å². The number of aliphatic hydroxyl groups is 1. The summed E-state index contributed by atoms with van der Waals surface area (Å²) in [5.74, 6) is -0.194. The van der Waals surface area contributed by atoms with Crippen LogP contribution in [0.2, 0.25) is 5.02 Å². The van der Waals surface area contributed by atoms with Crippen molar-refractivity contribution < 1.29 is 13.9 Å². The van der Waals surface area contributed by atoms with E-state index in [-0.39, 0.29) is 16.3 Å². The van der Waals surface area contributed by atoms with Crippen molar-refractivity contribution in [2.75, 3.05) is 0 Å². The predicted molar refractivity (Wildman–Crippen MR) is 68.7 cm³/mol. The minimum Gasteiger partial charge on any atom is -0.457 e. The third kappa shape index (κ3) is 2.21. The molecule has 0 aliphatic rings. The van der Waals surface area contributed by atoms with Crippen LogP contribution in [0.5, 0.6) is 0 Å². The summed E-state index contributed by atoms with van der Waals surface area (Å²) in [4.78, 5) is 0. The van der Waals surface area contributed by atoms with Crippen molar-refractivity contribution in [3.8, 4) is 0 Å². The zero-order valence-corrected chi connectivity index (χ0v) is 11.6. The fourth-order valence-electron chi connectivity index (χ4n) is 1.59. The third-order valence-corrected chi connectivity index (χ3v) is 3.45. The summed E-state index contributed by atoms with van der Waals surface area (Å²) in [6, 6.07) is 2.93. The van der Waals surface area contributed by atoms with Crippen LogP contribution < -0.4 is 0 Å². The number of furan rings is 1. The molecule has 1 unspecified atom stereocenters. The Kier molecular flexibility index (Phi) is 3.48. The van der Waals surface area contributed by atoms with Gasteiger partial charge in [0, 0.05) is 0 Å². The molecule has 0 radical (unpaired) electrons. The van der Waals surface area contributed by atoms with Crippen molar-refractivity contribution in [2.45, 2.75) is 20.0 Å². The molecule has 1 aromatic heterocycles. The van der Waals surface area contributed by atoms with Gasteiger partial charge in [0.2, 0.25) is 0 Å². The van der Waals surface area contributed by atoms with Crippen molar-refractivity contribution in [1.82, 2.24) is 0 Å². The summed E-state index contributed by atoms with van der Waals surface area (Å²) < 4.78 is 19.8. The van der Waals surface area contributed by atoms with Gasteiger partial charge < -0.3 is 9.52 Å². The molecular formula is C12H11BrClFO2. The molecule has 5 heteroatoms. The van der Waals surface area contributed by atoms with E-state index in [9.17, 15) is 9.50 Å². The number of aliphatic hydroxyl groups excluding tert-OH is 1. The molecule has 1 atom stereocenters. The highest BCUT2D eigenvalue weighted by atomic mass is 79.9. The summed E-state index contributed by atoms with van der Waals surface area (Å²) in [7, 11) is 0. The molecule has 0 spiro atoms. The maximum atomic E-state index is 13.8. The maximum absolute atomic E-state index is 13.8. The molecule has 1 heterocycles. The van der Waals surface area contributed by atoms with Gasteiger partial charge in [0.05, 0.1) is 14.9 Å². The first kappa shape index (κ1) is 12.9. The monoisotopic (exact) mass is 320 g/mol. The lowest BCUT2D eigenvalue weighted by Crippen LogP contribution is -2.03. The van der Waals surface area contributed by atoms with Crippen LogP contribution in [0.25, 0.3) is 11.0 Å². The molecule has 0 bridgehead atoms. The van der Waals surface area contributed by atoms with Gasteiger partial charge in [0.1, 0.15) is 11.9 Å². The first-order valence-electron chi connectivity index (χ1n) is 5.16. The number of rotatable bonds is 2. The van der Waals surface area contributed by atoms with Gasteiger partial charge in [-0.25, -0.2) is 4.39 Å². The zero-order valence-electron chi connectivity index (χ0n) is 9.30. The van der Waals surface area contributed by atoms with Gasteiger partial charge in [0.15, 0.2) is 11.4 Å². The van der Waals surface area contributed by atoms with E-state index in [1.54, 1.807) is 0 Å². The number of hydrogen-bond donors (Lipinski definition) is 1. The van der Waals surface area contributed by atoms with Gasteiger partial charge in [-0.2, -0.15) is 0 Å². The molecule has 92 valence electrons. The third-order valence-electron chi connectivity index (χ3n) is 2.59. The molecular weight excluding hydrogens is 310 g/mol. The first-order valence-corrected chi connectivity index (χ1v) is 6.34. The van der Waals surface area contributed by atoms with E-state index >= 15 is 0 Å². The largest absolute Gasteiger partial charge is 0.457 e. The van der Waals surface area contributed by atoms with Gasteiger partial charge >= 0.3 is 0 Å². The Morgan fingerprint density at radius 2 is 2.06 bits per heavy atom. The molecule has 0 aliphatic heterocycles. The Labute approximate surface area is 111 Å². The van der Waals surface area contributed by atoms with Gasteiger partial charge in [-0.15, -0.1) is 0 Å². The number of fused-ring (bicyclic) bond motifs is 1. The highest BCUT2D eigenvalue weighted by Crippen LogP contribution is 2.36. The molecule has 0 aliphatic carbocycles. The Morgan fingerprint density at radius 1 is 1.41 bits per heavy atom. The molecule has 2 nitrogen and oxygen atoms in total. The molecule has 2 rings (SSSR count). The van der Waals surface area contributed by atoms with E-state index in [1.165, 1.54) is 12.1 Å². The van der Waals surface area contributed by atoms with Crippen LogP contribution in [0.3, 0.4) is 0 Å². The van der Waals surface area contributed by atoms with Crippen LogP contribution in [-0.4, -0.2) is 5.11 Å². The standard InChI is InChI=1S/C12H11BrClFO2/c1-5(2)11(16)9-3-6-10(15)8(14)4-7(13)12(6)17-9/h3-5,11,16H,1-2H3. The molecule has 2 aromatic rings. The Balaban J connectivity index is 2.65. The van der Waals surface area contributed by atoms with Crippen molar-refractivity contribution in [3.63, 3.8) is 0 Å². The SMILES string of the molecule is CC(C)C(O)c1cc2c(F)c(Cl)cc(Br)c2o1. The Morgan fingerprint density at radius 3 is 2.65 bits per heavy atom. The number of benzene rings is 1. The number of hydrogen-bond acceptors (Lipinski definition) is 2. The molecule has 0 saturated carbocycles. The fraction of sp³-hybridized carbons (Fsp3) is 0.333. The lowest BCUT2D eigenvalue weighted by Gasteiger charge is -2.10. The van der Waals surface area contributed by atoms with Gasteiger partial charge in [-0.05, 0) is 34.0 Å². The highest BCUT2D eigenvalue weighted by molar-refractivity contribution is 9.10. The van der Waals surface area contributed by atoms with Crippen LogP contribution in [0.15, 0.2) is 21.0 Å². The highest BCUT2D eigenvalue weighted by Gasteiger charge is 2.20. The Hall–Kier alpha value is -0.580. The molecule has 17 heavy (non-hydrogen) atoms. The second-order valence-electron chi connectivity index (χ2n) is 4.23. The number of halogens is 3. The average Bonchev–Trinajstić information content (AvgIpc) is 2.70. The zero-order chi connectivity index (χ0) is 12.7. The summed E-state index contributed by atoms with van der Waals surface area (Å²) in [6.45, 7) is 3.71. The lowest BCUT2D eigenvalue weighted by atomic mass is 10.1. The molecule has 1 N–H and O–H groups in total. The van der Waals surface area contributed by atoms with Gasteiger partial charge in [-0.1, -0.05) is 25.4 Å². The van der Waals surface area contributed by atoms with E-state index in [1.807, 2.05) is 13.8 Å². The summed E-state index contributed by atoms with van der Waals surface area (Å²) in [6.07, 6.45) is -0.757. The van der Waals surface area contributed by atoms with Crippen molar-refractivity contribution in [2.24, 2.45) is 5.92 Å². The van der Waals surface area contributed by atoms with E-state index in [0.717, 1.165) is 0 Å². The van der Waals surface area contributed by atoms with Crippen LogP contribution in [0.1, 0.15) is 25.7 Å². The van der Waals surface area contributed by atoms with Crippen LogP contribution in [-0.2, 0) is 0 Å². The summed E-state index contributed by atoms with van der Waals surface area (Å²) in [5.41, 5.74) is 0.363. The Bertz CT molecular complexity index is 565. The topological polar surface area (TPSA) is 33.4 Å². The summed E-state index contributed by atoms with van der Waals surface area (Å²) >= 11 is 8.99. The van der Waals surface area contributed by atoms with E-state index < -0.39 is 11.9 Å². The smallest absolute Gasteiger partial charge is 0.152 e. The second-order valence-corrected chi connectivity index (χ2v) is 5.50. The van der Waals surface area contributed by atoms with Crippen LogP contribution in [0, 0.1) is 11.7 Å². The molecule has 0 amide bonds. The normalized spacial score (nSPS) is 13.6. The van der Waals surface area contributed by atoms with E-state index in [4.69, 9.17) is 16.0 Å². The lowest BCUT2D eigenvalue weighted by molar-refractivity contribution is 0.104. The second kappa shape index (κ2) is 4.59. The minimum absolute atomic E-state index is 0.00660. The van der Waals surface area contributed by atoms with E-state index in [2.05, 4.69) is 15.9 Å². The van der Waals surface area contributed by atoms with Crippen molar-refractivity contribution in [1.29, 1.82) is 0 Å². The predicted octanol–water partition coefficient (Wildman–Crippen LogP) is 4.68. The quantitative estimate of drug-likeness (QED) is 0.815. The van der Waals surface area contributed by atoms with E-state index in [0.29, 0.717) is 15.8 Å². The van der Waals surface area contributed by atoms with Crippen molar-refractivity contribution in [3.05, 3.63) is 33.2 Å². The van der Waals surface area contributed by atoms with Crippen LogP contribution >= 0.6 is 27.5 Å². The fourth-order valence-corrected chi connectivity index (χ4v) is 2.46. The molecule has 0 fully saturated rings. The van der Waals surface area contributed by atoms with Crippen LogP contribution in [0.4, 0.5) is 4.39 Å². The molecule has 0 saturated heterocycles. The summed E-state index contributed by atoms with van der Waals surface area (Å²) in [5, 5.41) is 10.2. The molecule has 1 aromatic carbocycles. The maximum Gasteiger partial charge on any atom is 0.152 e.